The van der Waals surface area contributed by atoms with Gasteiger partial charge in [0.2, 0.25) is 0 Å². The number of benzene rings is 1. The lowest BCUT2D eigenvalue weighted by atomic mass is 9.89. The molecule has 1 heterocycles. The van der Waals surface area contributed by atoms with E-state index in [4.69, 9.17) is 0 Å². The zero-order chi connectivity index (χ0) is 19.8. The first-order chi connectivity index (χ1) is 12.7. The number of hydrogen-bond acceptors (Lipinski definition) is 3. The second kappa shape index (κ2) is 7.17. The lowest BCUT2D eigenvalue weighted by Gasteiger charge is -2.24. The molecule has 0 bridgehead atoms. The minimum Gasteiger partial charge on any atom is -0.347 e. The van der Waals surface area contributed by atoms with Crippen molar-refractivity contribution < 1.29 is 18.0 Å². The third kappa shape index (κ3) is 3.89. The Kier molecular flexibility index (Phi) is 5.08. The normalized spacial score (nSPS) is 19.9. The van der Waals surface area contributed by atoms with Gasteiger partial charge >= 0.3 is 6.18 Å². The van der Waals surface area contributed by atoms with Gasteiger partial charge in [0.05, 0.1) is 11.3 Å². The molecule has 0 aliphatic heterocycles. The van der Waals surface area contributed by atoms with Crippen molar-refractivity contribution in [2.45, 2.75) is 51.2 Å². The van der Waals surface area contributed by atoms with Gasteiger partial charge in [0.25, 0.3) is 11.5 Å². The second-order valence-corrected chi connectivity index (χ2v) is 6.83. The Bertz CT molecular complexity index is 921. The minimum atomic E-state index is -4.46. The van der Waals surface area contributed by atoms with E-state index in [-0.39, 0.29) is 11.3 Å². The average Bonchev–Trinajstić information content (AvgIpc) is 3.05. The predicted molar refractivity (Wildman–Crippen MR) is 93.6 cm³/mol. The van der Waals surface area contributed by atoms with E-state index in [0.717, 1.165) is 6.07 Å². The molecule has 8 heteroatoms. The first-order valence-corrected chi connectivity index (χ1v) is 8.73. The maximum Gasteiger partial charge on any atom is 0.416 e. The summed E-state index contributed by atoms with van der Waals surface area (Å²) in [5.41, 5.74) is -0.304. The SMILES string of the molecule is Cc1nc(C(=O)N[C@H]2CCC[C@H]2c2ccccc2C(F)(F)F)c(=O)[nH]c1C. The van der Waals surface area contributed by atoms with Crippen LogP contribution in [0.4, 0.5) is 13.2 Å². The van der Waals surface area contributed by atoms with Crippen molar-refractivity contribution in [3.8, 4) is 0 Å². The molecule has 2 N–H and O–H groups in total. The van der Waals surface area contributed by atoms with Crippen molar-refractivity contribution >= 4 is 5.91 Å². The molecule has 3 rings (SSSR count). The fourth-order valence-corrected chi connectivity index (χ4v) is 3.60. The number of rotatable bonds is 3. The van der Waals surface area contributed by atoms with E-state index in [2.05, 4.69) is 15.3 Å². The number of halogens is 3. The average molecular weight is 379 g/mol. The predicted octanol–water partition coefficient (Wildman–Crippen LogP) is 3.47. The molecule has 1 aliphatic carbocycles. The van der Waals surface area contributed by atoms with Crippen LogP contribution in [0, 0.1) is 13.8 Å². The molecule has 1 saturated carbocycles. The monoisotopic (exact) mass is 379 g/mol. The molecule has 1 aromatic carbocycles. The fraction of sp³-hybridized carbons (Fsp3) is 0.421. The topological polar surface area (TPSA) is 74.8 Å². The molecular weight excluding hydrogens is 359 g/mol. The summed E-state index contributed by atoms with van der Waals surface area (Å²) < 4.78 is 40.0. The van der Waals surface area contributed by atoms with Crippen molar-refractivity contribution in [2.24, 2.45) is 0 Å². The van der Waals surface area contributed by atoms with Crippen molar-refractivity contribution in [2.75, 3.05) is 0 Å². The Labute approximate surface area is 154 Å². The Morgan fingerprint density at radius 1 is 1.22 bits per heavy atom. The van der Waals surface area contributed by atoms with E-state index < -0.39 is 35.2 Å². The third-order valence-electron chi connectivity index (χ3n) is 5.05. The van der Waals surface area contributed by atoms with Gasteiger partial charge in [0.1, 0.15) is 0 Å². The third-order valence-corrected chi connectivity index (χ3v) is 5.05. The van der Waals surface area contributed by atoms with Crippen LogP contribution in [0.15, 0.2) is 29.1 Å². The summed E-state index contributed by atoms with van der Waals surface area (Å²) in [7, 11) is 0. The van der Waals surface area contributed by atoms with Crippen molar-refractivity contribution in [1.82, 2.24) is 15.3 Å². The van der Waals surface area contributed by atoms with Gasteiger partial charge in [0.15, 0.2) is 5.69 Å². The number of carbonyl (C=O) groups excluding carboxylic acids is 1. The van der Waals surface area contributed by atoms with Gasteiger partial charge in [-0.3, -0.25) is 9.59 Å². The molecule has 1 amide bonds. The van der Waals surface area contributed by atoms with E-state index in [1.807, 2.05) is 0 Å². The molecule has 1 fully saturated rings. The zero-order valence-corrected chi connectivity index (χ0v) is 15.0. The summed E-state index contributed by atoms with van der Waals surface area (Å²) in [6, 6.07) is 4.95. The van der Waals surface area contributed by atoms with Gasteiger partial charge < -0.3 is 10.3 Å². The van der Waals surface area contributed by atoms with Crippen LogP contribution >= 0.6 is 0 Å². The lowest BCUT2D eigenvalue weighted by Crippen LogP contribution is -2.40. The van der Waals surface area contributed by atoms with Crippen LogP contribution in [0.1, 0.15) is 58.2 Å². The molecule has 1 aromatic heterocycles. The highest BCUT2D eigenvalue weighted by Gasteiger charge is 2.39. The number of nitrogens with one attached hydrogen (secondary N) is 2. The summed E-state index contributed by atoms with van der Waals surface area (Å²) in [5, 5.41) is 2.72. The number of amides is 1. The number of carbonyl (C=O) groups is 1. The standard InChI is InChI=1S/C19H20F3N3O2/c1-10-11(2)24-17(26)16(23-10)18(27)25-15-9-5-7-13(15)12-6-3-4-8-14(12)19(20,21)22/h3-4,6,8,13,15H,5,7,9H2,1-2H3,(H,24,26)(H,25,27)/t13-,15-/m0/s1. The summed E-state index contributed by atoms with van der Waals surface area (Å²) in [6.07, 6.45) is -2.68. The maximum absolute atomic E-state index is 13.3. The molecule has 0 saturated heterocycles. The molecule has 2 aromatic rings. The Hall–Kier alpha value is -2.64. The van der Waals surface area contributed by atoms with E-state index in [9.17, 15) is 22.8 Å². The molecule has 1 aliphatic rings. The number of aromatic amines is 1. The largest absolute Gasteiger partial charge is 0.416 e. The van der Waals surface area contributed by atoms with Crippen molar-refractivity contribution in [3.63, 3.8) is 0 Å². The molecule has 2 atom stereocenters. The first kappa shape index (κ1) is 19.1. The molecule has 0 radical (unpaired) electrons. The van der Waals surface area contributed by atoms with Crippen LogP contribution in [0.2, 0.25) is 0 Å². The quantitative estimate of drug-likeness (QED) is 0.858. The fourth-order valence-electron chi connectivity index (χ4n) is 3.60. The molecule has 27 heavy (non-hydrogen) atoms. The highest BCUT2D eigenvalue weighted by Crippen LogP contribution is 2.41. The molecule has 5 nitrogen and oxygen atoms in total. The van der Waals surface area contributed by atoms with Crippen LogP contribution in [-0.4, -0.2) is 21.9 Å². The van der Waals surface area contributed by atoms with Crippen molar-refractivity contribution in [1.29, 1.82) is 0 Å². The summed E-state index contributed by atoms with van der Waals surface area (Å²) in [5.74, 6) is -1.13. The lowest BCUT2D eigenvalue weighted by molar-refractivity contribution is -0.138. The van der Waals surface area contributed by atoms with Crippen LogP contribution in [0.5, 0.6) is 0 Å². The molecular formula is C19H20F3N3O2. The number of hydrogen-bond donors (Lipinski definition) is 2. The highest BCUT2D eigenvalue weighted by atomic mass is 19.4. The van der Waals surface area contributed by atoms with Gasteiger partial charge in [-0.1, -0.05) is 24.6 Å². The smallest absolute Gasteiger partial charge is 0.347 e. The van der Waals surface area contributed by atoms with Crippen LogP contribution < -0.4 is 10.9 Å². The highest BCUT2D eigenvalue weighted by molar-refractivity contribution is 5.92. The van der Waals surface area contributed by atoms with E-state index >= 15 is 0 Å². The minimum absolute atomic E-state index is 0.176. The van der Waals surface area contributed by atoms with E-state index in [1.165, 1.54) is 12.1 Å². The number of alkyl halides is 3. The van der Waals surface area contributed by atoms with Gasteiger partial charge in [-0.25, -0.2) is 4.98 Å². The summed E-state index contributed by atoms with van der Waals surface area (Å²) in [4.78, 5) is 31.1. The van der Waals surface area contributed by atoms with Crippen LogP contribution in [-0.2, 0) is 6.18 Å². The van der Waals surface area contributed by atoms with Gasteiger partial charge in [-0.2, -0.15) is 13.2 Å². The summed E-state index contributed by atoms with van der Waals surface area (Å²) >= 11 is 0. The maximum atomic E-state index is 13.3. The van der Waals surface area contributed by atoms with Gasteiger partial charge in [0, 0.05) is 17.7 Å². The van der Waals surface area contributed by atoms with Crippen molar-refractivity contribution in [3.05, 3.63) is 62.8 Å². The number of aromatic nitrogens is 2. The zero-order valence-electron chi connectivity index (χ0n) is 15.0. The van der Waals surface area contributed by atoms with E-state index in [1.54, 1.807) is 19.9 Å². The number of aryl methyl sites for hydroxylation is 2. The Morgan fingerprint density at radius 3 is 2.63 bits per heavy atom. The van der Waals surface area contributed by atoms with Gasteiger partial charge in [-0.05, 0) is 38.3 Å². The second-order valence-electron chi connectivity index (χ2n) is 6.83. The van der Waals surface area contributed by atoms with E-state index in [0.29, 0.717) is 30.7 Å². The molecule has 0 spiro atoms. The molecule has 0 unspecified atom stereocenters. The van der Waals surface area contributed by atoms with Gasteiger partial charge in [-0.15, -0.1) is 0 Å². The van der Waals surface area contributed by atoms with Crippen LogP contribution in [0.3, 0.4) is 0 Å². The summed E-state index contributed by atoms with van der Waals surface area (Å²) in [6.45, 7) is 3.34. The van der Waals surface area contributed by atoms with Crippen LogP contribution in [0.25, 0.3) is 0 Å². The Morgan fingerprint density at radius 2 is 1.93 bits per heavy atom. The molecule has 144 valence electrons. The first-order valence-electron chi connectivity index (χ1n) is 8.73. The number of nitrogens with zero attached hydrogens (tertiary/aromatic N) is 1. The Balaban J connectivity index is 1.88. The number of H-pyrrole nitrogens is 1.